The first-order valence-electron chi connectivity index (χ1n) is 6.12. The molecule has 0 aliphatic rings. The maximum absolute atomic E-state index is 12.0. The number of hydrogen-bond acceptors (Lipinski definition) is 4. The Balaban J connectivity index is 2.13. The number of Topliss-reactive ketones (excluding diaryl/α,β-unsaturated/α-hetero) is 1. The van der Waals surface area contributed by atoms with Crippen LogP contribution in [0, 0.1) is 10.1 Å². The van der Waals surface area contributed by atoms with Gasteiger partial charge in [-0.1, -0.05) is 30.3 Å². The molecule has 2 aromatic rings. The van der Waals surface area contributed by atoms with Gasteiger partial charge in [-0.05, 0) is 18.1 Å². The fourth-order valence-electron chi connectivity index (χ4n) is 1.90. The Hall–Kier alpha value is -2.69. The van der Waals surface area contributed by atoms with Crippen LogP contribution in [0.4, 0.5) is 5.69 Å². The molecule has 0 saturated heterocycles. The summed E-state index contributed by atoms with van der Waals surface area (Å²) in [6.45, 7) is 0. The second-order valence-corrected chi connectivity index (χ2v) is 4.37. The zero-order valence-corrected chi connectivity index (χ0v) is 10.7. The summed E-state index contributed by atoms with van der Waals surface area (Å²) in [6.07, 6.45) is 0.723. The molecule has 1 N–H and O–H groups in total. The zero-order valence-electron chi connectivity index (χ0n) is 10.7. The van der Waals surface area contributed by atoms with Crippen molar-refractivity contribution in [3.8, 4) is 5.75 Å². The molecule has 5 heteroatoms. The van der Waals surface area contributed by atoms with Crippen LogP contribution >= 0.6 is 0 Å². The van der Waals surface area contributed by atoms with Crippen LogP contribution in [0.5, 0.6) is 5.75 Å². The number of carbonyl (C=O) groups excluding carboxylic acids is 1. The van der Waals surface area contributed by atoms with Crippen LogP contribution in [0.15, 0.2) is 48.5 Å². The van der Waals surface area contributed by atoms with Crippen molar-refractivity contribution >= 4 is 11.5 Å². The number of carbonyl (C=O) groups is 1. The molecule has 2 rings (SSSR count). The average Bonchev–Trinajstić information content (AvgIpc) is 2.46. The molecule has 2 aromatic carbocycles. The van der Waals surface area contributed by atoms with Gasteiger partial charge in [-0.2, -0.15) is 0 Å². The first kappa shape index (κ1) is 13.7. The van der Waals surface area contributed by atoms with Gasteiger partial charge in [0.2, 0.25) is 0 Å². The largest absolute Gasteiger partial charge is 0.507 e. The van der Waals surface area contributed by atoms with E-state index >= 15 is 0 Å². The van der Waals surface area contributed by atoms with Crippen molar-refractivity contribution in [3.63, 3.8) is 0 Å². The van der Waals surface area contributed by atoms with Crippen LogP contribution in [-0.4, -0.2) is 15.8 Å². The molecule has 0 aliphatic heterocycles. The molecule has 0 heterocycles. The first-order chi connectivity index (χ1) is 9.58. The van der Waals surface area contributed by atoms with Crippen LogP contribution in [0.2, 0.25) is 0 Å². The minimum Gasteiger partial charge on any atom is -0.507 e. The smallest absolute Gasteiger partial charge is 0.270 e. The number of nitro groups is 1. The third-order valence-electron chi connectivity index (χ3n) is 2.97. The monoisotopic (exact) mass is 271 g/mol. The summed E-state index contributed by atoms with van der Waals surface area (Å²) in [7, 11) is 0. The van der Waals surface area contributed by atoms with Crippen molar-refractivity contribution in [1.82, 2.24) is 0 Å². The third-order valence-corrected chi connectivity index (χ3v) is 2.97. The molecule has 0 radical (unpaired) electrons. The number of aryl methyl sites for hydroxylation is 1. The Morgan fingerprint density at radius 3 is 2.50 bits per heavy atom. The van der Waals surface area contributed by atoms with Gasteiger partial charge < -0.3 is 5.11 Å². The summed E-state index contributed by atoms with van der Waals surface area (Å²) in [5.41, 5.74) is 0.798. The highest BCUT2D eigenvalue weighted by Crippen LogP contribution is 2.24. The van der Waals surface area contributed by atoms with E-state index in [2.05, 4.69) is 0 Å². The summed E-state index contributed by atoms with van der Waals surface area (Å²) < 4.78 is 0. The minimum absolute atomic E-state index is 0.00451. The zero-order chi connectivity index (χ0) is 14.5. The lowest BCUT2D eigenvalue weighted by Gasteiger charge is -2.04. The molecular weight excluding hydrogens is 258 g/mol. The molecule has 0 aromatic heterocycles. The predicted octanol–water partition coefficient (Wildman–Crippen LogP) is 3.12. The predicted molar refractivity (Wildman–Crippen MR) is 73.9 cm³/mol. The van der Waals surface area contributed by atoms with E-state index in [9.17, 15) is 20.0 Å². The van der Waals surface area contributed by atoms with Crippen molar-refractivity contribution in [1.29, 1.82) is 0 Å². The van der Waals surface area contributed by atoms with Gasteiger partial charge in [0.15, 0.2) is 5.78 Å². The van der Waals surface area contributed by atoms with Gasteiger partial charge in [0.1, 0.15) is 5.75 Å². The standard InChI is InChI=1S/C15H13NO4/c17-14(8-6-11-4-2-1-3-5-11)13-10-12(16(19)20)7-9-15(13)18/h1-5,7,9-10,18H,6,8H2. The third kappa shape index (κ3) is 3.20. The van der Waals surface area contributed by atoms with Gasteiger partial charge in [0.25, 0.3) is 5.69 Å². The van der Waals surface area contributed by atoms with Gasteiger partial charge in [-0.15, -0.1) is 0 Å². The number of hydrogen-bond donors (Lipinski definition) is 1. The maximum Gasteiger partial charge on any atom is 0.270 e. The number of nitro benzene ring substituents is 1. The van der Waals surface area contributed by atoms with Gasteiger partial charge in [0, 0.05) is 18.6 Å². The van der Waals surface area contributed by atoms with Crippen LogP contribution in [0.1, 0.15) is 22.3 Å². The first-order valence-corrected chi connectivity index (χ1v) is 6.12. The van der Waals surface area contributed by atoms with E-state index in [1.54, 1.807) is 0 Å². The number of rotatable bonds is 5. The fraction of sp³-hybridized carbons (Fsp3) is 0.133. The molecule has 0 saturated carbocycles. The number of phenols is 1. The van der Waals surface area contributed by atoms with Crippen LogP contribution < -0.4 is 0 Å². The average molecular weight is 271 g/mol. The van der Waals surface area contributed by atoms with Gasteiger partial charge in [-0.25, -0.2) is 0 Å². The lowest BCUT2D eigenvalue weighted by molar-refractivity contribution is -0.384. The van der Waals surface area contributed by atoms with Crippen molar-refractivity contribution in [2.24, 2.45) is 0 Å². The molecule has 5 nitrogen and oxygen atoms in total. The summed E-state index contributed by atoms with van der Waals surface area (Å²) in [5, 5.41) is 20.3. The Morgan fingerprint density at radius 2 is 1.85 bits per heavy atom. The van der Waals surface area contributed by atoms with E-state index < -0.39 is 4.92 Å². The van der Waals surface area contributed by atoms with Crippen LogP contribution in [-0.2, 0) is 6.42 Å². The van der Waals surface area contributed by atoms with Crippen LogP contribution in [0.3, 0.4) is 0 Å². The quantitative estimate of drug-likeness (QED) is 0.514. The van der Waals surface area contributed by atoms with Gasteiger partial charge >= 0.3 is 0 Å². The highest BCUT2D eigenvalue weighted by atomic mass is 16.6. The second-order valence-electron chi connectivity index (χ2n) is 4.37. The highest BCUT2D eigenvalue weighted by molar-refractivity contribution is 5.99. The Morgan fingerprint density at radius 1 is 1.15 bits per heavy atom. The van der Waals surface area contributed by atoms with Crippen molar-refractivity contribution in [3.05, 3.63) is 69.8 Å². The molecular formula is C15H13NO4. The van der Waals surface area contributed by atoms with Gasteiger partial charge in [0.05, 0.1) is 10.5 Å². The molecule has 20 heavy (non-hydrogen) atoms. The molecule has 0 bridgehead atoms. The summed E-state index contributed by atoms with van der Waals surface area (Å²) in [4.78, 5) is 22.1. The molecule has 0 unspecified atom stereocenters. The number of nitrogens with zero attached hydrogens (tertiary/aromatic N) is 1. The van der Waals surface area contributed by atoms with E-state index in [1.807, 2.05) is 30.3 Å². The lowest BCUT2D eigenvalue weighted by atomic mass is 10.0. The fourth-order valence-corrected chi connectivity index (χ4v) is 1.90. The highest BCUT2D eigenvalue weighted by Gasteiger charge is 2.16. The van der Waals surface area contributed by atoms with Crippen molar-refractivity contribution in [2.75, 3.05) is 0 Å². The van der Waals surface area contributed by atoms with Crippen molar-refractivity contribution in [2.45, 2.75) is 12.8 Å². The Labute approximate surface area is 115 Å². The molecule has 0 atom stereocenters. The van der Waals surface area contributed by atoms with E-state index in [0.29, 0.717) is 6.42 Å². The normalized spacial score (nSPS) is 10.2. The second kappa shape index (κ2) is 5.97. The minimum atomic E-state index is -0.590. The SMILES string of the molecule is O=C(CCc1ccccc1)c1cc([N+](=O)[O-])ccc1O. The maximum atomic E-state index is 12.0. The number of benzene rings is 2. The van der Waals surface area contributed by atoms with Crippen molar-refractivity contribution < 1.29 is 14.8 Å². The van der Waals surface area contributed by atoms with Gasteiger partial charge in [-0.3, -0.25) is 14.9 Å². The van der Waals surface area contributed by atoms with Crippen LogP contribution in [0.25, 0.3) is 0 Å². The number of ketones is 1. The summed E-state index contributed by atoms with van der Waals surface area (Å²) >= 11 is 0. The molecule has 0 amide bonds. The van der Waals surface area contributed by atoms with E-state index in [4.69, 9.17) is 0 Å². The summed E-state index contributed by atoms with van der Waals surface area (Å²) in [6, 6.07) is 12.9. The van der Waals surface area contributed by atoms with E-state index in [-0.39, 0.29) is 29.2 Å². The number of phenolic OH excluding ortho intramolecular Hbond substituents is 1. The molecule has 0 spiro atoms. The molecule has 0 aliphatic carbocycles. The topological polar surface area (TPSA) is 80.4 Å². The number of aromatic hydroxyl groups is 1. The molecule has 102 valence electrons. The molecule has 0 fully saturated rings. The van der Waals surface area contributed by atoms with E-state index in [1.165, 1.54) is 12.1 Å². The van der Waals surface area contributed by atoms with E-state index in [0.717, 1.165) is 11.6 Å². The summed E-state index contributed by atoms with van der Waals surface area (Å²) in [5.74, 6) is -0.538. The lowest BCUT2D eigenvalue weighted by Crippen LogP contribution is -2.02. The Bertz CT molecular complexity index is 638. The Kier molecular flexibility index (Phi) is 4.10. The number of non-ortho nitro benzene ring substituents is 1.